The van der Waals surface area contributed by atoms with Gasteiger partial charge in [-0.25, -0.2) is 4.68 Å². The van der Waals surface area contributed by atoms with Gasteiger partial charge in [-0.05, 0) is 44.0 Å². The van der Waals surface area contributed by atoms with E-state index in [-0.39, 0.29) is 10.2 Å². The van der Waals surface area contributed by atoms with E-state index in [1.54, 1.807) is 12.1 Å². The highest BCUT2D eigenvalue weighted by atomic mass is 32.1. The van der Waals surface area contributed by atoms with Crippen molar-refractivity contribution in [3.63, 3.8) is 0 Å². The lowest BCUT2D eigenvalue weighted by Gasteiger charge is -2.07. The minimum Gasteiger partial charge on any atom is -0.288 e. The van der Waals surface area contributed by atoms with E-state index in [2.05, 4.69) is 5.10 Å². The van der Waals surface area contributed by atoms with Crippen LogP contribution < -0.4 is 0 Å². The number of aryl methyl sites for hydroxylation is 2. The van der Waals surface area contributed by atoms with E-state index in [0.717, 1.165) is 11.1 Å². The Hall–Kier alpha value is -1.56. The summed E-state index contributed by atoms with van der Waals surface area (Å²) in [7, 11) is 0. The molecule has 6 heteroatoms. The van der Waals surface area contributed by atoms with Crippen LogP contribution in [-0.4, -0.2) is 9.78 Å². The van der Waals surface area contributed by atoms with Crippen molar-refractivity contribution >= 4 is 12.2 Å². The molecular formula is C13H13F3N2S. The maximum Gasteiger partial charge on any atom is 0.433 e. The molecule has 0 spiro atoms. The lowest BCUT2D eigenvalue weighted by molar-refractivity contribution is -0.141. The van der Waals surface area contributed by atoms with Crippen LogP contribution in [-0.2, 0) is 6.18 Å². The summed E-state index contributed by atoms with van der Waals surface area (Å²) < 4.78 is 39.9. The van der Waals surface area contributed by atoms with E-state index < -0.39 is 11.9 Å². The highest BCUT2D eigenvalue weighted by Crippen LogP contribution is 2.31. The van der Waals surface area contributed by atoms with Crippen LogP contribution in [0.4, 0.5) is 13.2 Å². The topological polar surface area (TPSA) is 20.7 Å². The van der Waals surface area contributed by atoms with Crippen molar-refractivity contribution in [2.24, 2.45) is 0 Å². The predicted molar refractivity (Wildman–Crippen MR) is 70.2 cm³/mol. The van der Waals surface area contributed by atoms with Gasteiger partial charge in [-0.2, -0.15) is 13.2 Å². The van der Waals surface area contributed by atoms with Gasteiger partial charge in [0, 0.05) is 5.56 Å². The van der Waals surface area contributed by atoms with Gasteiger partial charge in [-0.3, -0.25) is 5.10 Å². The van der Waals surface area contributed by atoms with Gasteiger partial charge in [-0.1, -0.05) is 18.3 Å². The molecule has 0 saturated carbocycles. The summed E-state index contributed by atoms with van der Waals surface area (Å²) in [6.07, 6.45) is -4.43. The molecule has 2 rings (SSSR count). The maximum absolute atomic E-state index is 12.8. The number of rotatable bonds is 1. The van der Waals surface area contributed by atoms with Gasteiger partial charge in [0.15, 0.2) is 0 Å². The number of halogens is 3. The first-order valence-corrected chi connectivity index (χ1v) is 6.08. The van der Waals surface area contributed by atoms with Crippen molar-refractivity contribution in [3.8, 4) is 5.69 Å². The molecule has 102 valence electrons. The van der Waals surface area contributed by atoms with E-state index in [0.29, 0.717) is 5.69 Å². The second kappa shape index (κ2) is 4.52. The molecule has 0 unspecified atom stereocenters. The Balaban J connectivity index is 2.67. The fraction of sp³-hybridized carbons (Fsp3) is 0.308. The molecule has 2 nitrogen and oxygen atoms in total. The minimum absolute atomic E-state index is 0.0432. The third kappa shape index (κ3) is 2.58. The molecule has 1 heterocycles. The molecule has 0 saturated heterocycles. The summed E-state index contributed by atoms with van der Waals surface area (Å²) in [5, 5.41) is 2.35. The molecule has 1 N–H and O–H groups in total. The van der Waals surface area contributed by atoms with Crippen LogP contribution >= 0.6 is 12.2 Å². The van der Waals surface area contributed by atoms with E-state index in [1.807, 2.05) is 19.9 Å². The number of alkyl halides is 3. The Morgan fingerprint density at radius 3 is 2.00 bits per heavy atom. The smallest absolute Gasteiger partial charge is 0.288 e. The van der Waals surface area contributed by atoms with E-state index >= 15 is 0 Å². The van der Waals surface area contributed by atoms with E-state index in [4.69, 9.17) is 12.2 Å². The van der Waals surface area contributed by atoms with Gasteiger partial charge >= 0.3 is 6.18 Å². The molecule has 0 atom stereocenters. The number of nitrogens with zero attached hydrogens (tertiary/aromatic N) is 1. The third-order valence-electron chi connectivity index (χ3n) is 2.87. The molecular weight excluding hydrogens is 273 g/mol. The van der Waals surface area contributed by atoms with Crippen LogP contribution in [0, 0.1) is 25.4 Å². The van der Waals surface area contributed by atoms with Crippen molar-refractivity contribution in [1.29, 1.82) is 0 Å². The van der Waals surface area contributed by atoms with Crippen molar-refractivity contribution in [2.75, 3.05) is 0 Å². The summed E-state index contributed by atoms with van der Waals surface area (Å²) in [4.78, 5) is 0. The molecule has 0 amide bonds. The molecule has 0 radical (unpaired) electrons. The van der Waals surface area contributed by atoms with Crippen LogP contribution in [0.15, 0.2) is 18.2 Å². The number of aromatic nitrogens is 2. The Labute approximate surface area is 113 Å². The molecule has 0 aliphatic rings. The maximum atomic E-state index is 12.8. The number of hydrogen-bond acceptors (Lipinski definition) is 1. The zero-order valence-corrected chi connectivity index (χ0v) is 11.5. The highest BCUT2D eigenvalue weighted by molar-refractivity contribution is 7.71. The summed E-state index contributed by atoms with van der Waals surface area (Å²) in [6, 6.07) is 5.53. The number of hydrogen-bond donors (Lipinski definition) is 1. The fourth-order valence-corrected chi connectivity index (χ4v) is 2.31. The number of aromatic amines is 1. The van der Waals surface area contributed by atoms with Crippen molar-refractivity contribution in [3.05, 3.63) is 45.2 Å². The first-order chi connectivity index (χ1) is 8.70. The summed E-state index contributed by atoms with van der Waals surface area (Å²) >= 11 is 5.08. The molecule has 0 fully saturated rings. The normalized spacial score (nSPS) is 11.9. The van der Waals surface area contributed by atoms with Crippen molar-refractivity contribution < 1.29 is 13.2 Å². The van der Waals surface area contributed by atoms with E-state index in [9.17, 15) is 13.2 Å². The first-order valence-electron chi connectivity index (χ1n) is 5.67. The molecule has 19 heavy (non-hydrogen) atoms. The lowest BCUT2D eigenvalue weighted by atomic mass is 10.1. The summed E-state index contributed by atoms with van der Waals surface area (Å²) in [5.41, 5.74) is 1.80. The first kappa shape index (κ1) is 13.9. The largest absolute Gasteiger partial charge is 0.433 e. The second-order valence-electron chi connectivity index (χ2n) is 4.60. The molecule has 0 aliphatic heterocycles. The molecule has 0 bridgehead atoms. The number of nitrogens with one attached hydrogen (secondary N) is 1. The standard InChI is InChI=1S/C13H13F3N2S/c1-7-4-8(2)6-10(5-7)18-12(19)9(3)11(17-18)13(14,15)16/h4-6,17H,1-3H3. The monoisotopic (exact) mass is 286 g/mol. The average molecular weight is 286 g/mol. The summed E-state index contributed by atoms with van der Waals surface area (Å²) in [5.74, 6) is 0. The summed E-state index contributed by atoms with van der Waals surface area (Å²) in [6.45, 7) is 5.15. The minimum atomic E-state index is -4.43. The lowest BCUT2D eigenvalue weighted by Crippen LogP contribution is -2.08. The van der Waals surface area contributed by atoms with Crippen LogP contribution in [0.3, 0.4) is 0 Å². The molecule has 2 aromatic rings. The zero-order chi connectivity index (χ0) is 14.4. The van der Waals surface area contributed by atoms with E-state index in [1.165, 1.54) is 11.6 Å². The second-order valence-corrected chi connectivity index (χ2v) is 4.98. The Bertz CT molecular complexity index is 660. The van der Waals surface area contributed by atoms with Crippen LogP contribution in [0.1, 0.15) is 22.4 Å². The number of H-pyrrole nitrogens is 1. The average Bonchev–Trinajstić information content (AvgIpc) is 2.54. The zero-order valence-electron chi connectivity index (χ0n) is 10.7. The van der Waals surface area contributed by atoms with Crippen molar-refractivity contribution in [2.45, 2.75) is 26.9 Å². The Morgan fingerprint density at radius 2 is 1.58 bits per heavy atom. The Kier molecular flexibility index (Phi) is 3.30. The van der Waals surface area contributed by atoms with Crippen LogP contribution in [0.25, 0.3) is 5.69 Å². The van der Waals surface area contributed by atoms with Gasteiger partial charge < -0.3 is 0 Å². The molecule has 0 aliphatic carbocycles. The van der Waals surface area contributed by atoms with Crippen LogP contribution in [0.2, 0.25) is 0 Å². The SMILES string of the molecule is Cc1cc(C)cc(-n2[nH]c(C(F)(F)F)c(C)c2=S)c1. The van der Waals surface area contributed by atoms with Gasteiger partial charge in [0.05, 0.1) is 5.69 Å². The number of benzene rings is 1. The fourth-order valence-electron chi connectivity index (χ4n) is 2.06. The quantitative estimate of drug-likeness (QED) is 0.767. The molecule has 1 aromatic carbocycles. The van der Waals surface area contributed by atoms with Crippen LogP contribution in [0.5, 0.6) is 0 Å². The van der Waals surface area contributed by atoms with Gasteiger partial charge in [0.1, 0.15) is 10.3 Å². The highest BCUT2D eigenvalue weighted by Gasteiger charge is 2.35. The third-order valence-corrected chi connectivity index (χ3v) is 3.36. The van der Waals surface area contributed by atoms with Crippen molar-refractivity contribution in [1.82, 2.24) is 9.78 Å². The molecule has 1 aromatic heterocycles. The Morgan fingerprint density at radius 1 is 1.05 bits per heavy atom. The van der Waals surface area contributed by atoms with Gasteiger partial charge in [0.2, 0.25) is 0 Å². The van der Waals surface area contributed by atoms with Gasteiger partial charge in [0.25, 0.3) is 0 Å². The predicted octanol–water partition coefficient (Wildman–Crippen LogP) is 4.48. The van der Waals surface area contributed by atoms with Gasteiger partial charge in [-0.15, -0.1) is 0 Å².